The lowest BCUT2D eigenvalue weighted by molar-refractivity contribution is -0.128. The molecule has 0 aliphatic heterocycles. The zero-order chi connectivity index (χ0) is 12.8. The van der Waals surface area contributed by atoms with Crippen molar-refractivity contribution in [3.8, 4) is 5.75 Å². The molecular weight excluding hydrogens is 223 g/mol. The molecule has 5 heteroatoms. The summed E-state index contributed by atoms with van der Waals surface area (Å²) in [7, 11) is 3.39. The predicted molar refractivity (Wildman–Crippen MR) is 64.2 cm³/mol. The number of anilines is 1. The van der Waals surface area contributed by atoms with E-state index in [9.17, 15) is 9.18 Å². The molecule has 1 aromatic rings. The zero-order valence-electron chi connectivity index (χ0n) is 10.1. The minimum absolute atomic E-state index is 0.0337. The first-order valence-corrected chi connectivity index (χ1v) is 5.38. The van der Waals surface area contributed by atoms with Crippen LogP contribution in [-0.2, 0) is 4.79 Å². The van der Waals surface area contributed by atoms with E-state index in [0.29, 0.717) is 25.1 Å². The molecule has 4 nitrogen and oxygen atoms in total. The second kappa shape index (κ2) is 6.08. The number of nitrogens with zero attached hydrogens (tertiary/aromatic N) is 1. The summed E-state index contributed by atoms with van der Waals surface area (Å²) in [6, 6.07) is 4.27. The molecule has 0 aliphatic carbocycles. The van der Waals surface area contributed by atoms with E-state index in [1.807, 2.05) is 0 Å². The van der Waals surface area contributed by atoms with E-state index >= 15 is 0 Å². The van der Waals surface area contributed by atoms with Crippen molar-refractivity contribution in [1.29, 1.82) is 0 Å². The third-order valence-electron chi connectivity index (χ3n) is 2.25. The average Bonchev–Trinajstić information content (AvgIpc) is 2.26. The Morgan fingerprint density at radius 2 is 2.18 bits per heavy atom. The highest BCUT2D eigenvalue weighted by atomic mass is 19.1. The van der Waals surface area contributed by atoms with E-state index in [4.69, 9.17) is 10.5 Å². The number of hydrogen-bond acceptors (Lipinski definition) is 3. The lowest BCUT2D eigenvalue weighted by Crippen LogP contribution is -2.21. The van der Waals surface area contributed by atoms with Crippen molar-refractivity contribution in [1.82, 2.24) is 4.90 Å². The van der Waals surface area contributed by atoms with Crippen molar-refractivity contribution < 1.29 is 13.9 Å². The minimum Gasteiger partial charge on any atom is -0.491 e. The van der Waals surface area contributed by atoms with E-state index in [0.717, 1.165) is 0 Å². The fourth-order valence-corrected chi connectivity index (χ4v) is 1.26. The Bertz CT molecular complexity index is 394. The number of carbonyl (C=O) groups is 1. The second-order valence-electron chi connectivity index (χ2n) is 3.93. The van der Waals surface area contributed by atoms with Gasteiger partial charge >= 0.3 is 0 Å². The quantitative estimate of drug-likeness (QED) is 0.629. The number of ether oxygens (including phenoxy) is 1. The molecule has 2 N–H and O–H groups in total. The highest BCUT2D eigenvalue weighted by Gasteiger charge is 2.05. The van der Waals surface area contributed by atoms with Gasteiger partial charge in [0, 0.05) is 32.3 Å². The Hall–Kier alpha value is -1.78. The fourth-order valence-electron chi connectivity index (χ4n) is 1.26. The van der Waals surface area contributed by atoms with Crippen molar-refractivity contribution >= 4 is 11.6 Å². The molecule has 0 fully saturated rings. The Morgan fingerprint density at radius 1 is 1.47 bits per heavy atom. The lowest BCUT2D eigenvalue weighted by atomic mass is 10.3. The van der Waals surface area contributed by atoms with E-state index in [1.165, 1.54) is 17.0 Å². The molecule has 0 atom stereocenters. The lowest BCUT2D eigenvalue weighted by Gasteiger charge is -2.10. The van der Waals surface area contributed by atoms with E-state index in [2.05, 4.69) is 0 Å². The van der Waals surface area contributed by atoms with Crippen LogP contribution in [0.3, 0.4) is 0 Å². The number of carbonyl (C=O) groups excluding carboxylic acids is 1. The Morgan fingerprint density at radius 3 is 2.76 bits per heavy atom. The zero-order valence-corrected chi connectivity index (χ0v) is 10.1. The Kier molecular flexibility index (Phi) is 4.75. The van der Waals surface area contributed by atoms with Crippen molar-refractivity contribution in [3.63, 3.8) is 0 Å². The van der Waals surface area contributed by atoms with Crippen LogP contribution in [0.2, 0.25) is 0 Å². The molecule has 1 aromatic carbocycles. The van der Waals surface area contributed by atoms with Crippen LogP contribution in [0.15, 0.2) is 18.2 Å². The third-order valence-corrected chi connectivity index (χ3v) is 2.25. The number of halogens is 1. The maximum absolute atomic E-state index is 13.3. The molecule has 1 amide bonds. The van der Waals surface area contributed by atoms with Gasteiger partial charge in [0.1, 0.15) is 0 Å². The third kappa shape index (κ3) is 4.30. The Labute approximate surface area is 100 Å². The number of benzene rings is 1. The molecule has 0 heterocycles. The molecular formula is C12H17FN2O2. The summed E-state index contributed by atoms with van der Waals surface area (Å²) < 4.78 is 18.5. The first-order valence-electron chi connectivity index (χ1n) is 5.38. The molecule has 1 rings (SSSR count). The van der Waals surface area contributed by atoms with E-state index in [-0.39, 0.29) is 11.7 Å². The van der Waals surface area contributed by atoms with Gasteiger partial charge in [-0.1, -0.05) is 0 Å². The molecule has 0 saturated heterocycles. The maximum atomic E-state index is 13.3. The molecule has 0 spiro atoms. The van der Waals surface area contributed by atoms with Gasteiger partial charge in [-0.25, -0.2) is 4.39 Å². The summed E-state index contributed by atoms with van der Waals surface area (Å²) >= 11 is 0. The molecule has 17 heavy (non-hydrogen) atoms. The van der Waals surface area contributed by atoms with Crippen LogP contribution < -0.4 is 10.5 Å². The number of hydrogen-bond donors (Lipinski definition) is 1. The summed E-state index contributed by atoms with van der Waals surface area (Å²) in [5.74, 6) is -0.285. The van der Waals surface area contributed by atoms with Crippen LogP contribution in [0.5, 0.6) is 5.75 Å². The van der Waals surface area contributed by atoms with Gasteiger partial charge in [0.15, 0.2) is 11.6 Å². The molecule has 0 aromatic heterocycles. The number of nitrogen functional groups attached to an aromatic ring is 1. The van der Waals surface area contributed by atoms with Crippen LogP contribution in [0.4, 0.5) is 10.1 Å². The van der Waals surface area contributed by atoms with Gasteiger partial charge in [-0.2, -0.15) is 0 Å². The molecule has 0 bridgehead atoms. The number of rotatable bonds is 5. The van der Waals surface area contributed by atoms with E-state index < -0.39 is 5.82 Å². The first kappa shape index (κ1) is 13.3. The average molecular weight is 240 g/mol. The van der Waals surface area contributed by atoms with Crippen LogP contribution in [0.25, 0.3) is 0 Å². The minimum atomic E-state index is -0.482. The maximum Gasteiger partial charge on any atom is 0.222 e. The van der Waals surface area contributed by atoms with E-state index in [1.54, 1.807) is 20.2 Å². The summed E-state index contributed by atoms with van der Waals surface area (Å²) in [4.78, 5) is 12.8. The second-order valence-corrected chi connectivity index (χ2v) is 3.93. The molecule has 94 valence electrons. The molecule has 0 aliphatic rings. The first-order chi connectivity index (χ1) is 8.00. The summed E-state index contributed by atoms with van der Waals surface area (Å²) in [5, 5.41) is 0. The number of nitrogens with two attached hydrogens (primary N) is 1. The van der Waals surface area contributed by atoms with Crippen molar-refractivity contribution in [2.24, 2.45) is 0 Å². The van der Waals surface area contributed by atoms with Gasteiger partial charge in [0.25, 0.3) is 0 Å². The van der Waals surface area contributed by atoms with Crippen molar-refractivity contribution in [3.05, 3.63) is 24.0 Å². The highest BCUT2D eigenvalue weighted by molar-refractivity contribution is 5.75. The van der Waals surface area contributed by atoms with Gasteiger partial charge in [-0.05, 0) is 18.6 Å². The standard InChI is InChI=1S/C12H17FN2O2/c1-15(2)12(16)4-3-7-17-11-6-5-9(14)8-10(11)13/h5-6,8H,3-4,7,14H2,1-2H3. The summed E-state index contributed by atoms with van der Waals surface area (Å²) in [5.41, 5.74) is 5.77. The van der Waals surface area contributed by atoms with Crippen molar-refractivity contribution in [2.45, 2.75) is 12.8 Å². The normalized spacial score (nSPS) is 10.1. The smallest absolute Gasteiger partial charge is 0.222 e. The summed E-state index contributed by atoms with van der Waals surface area (Å²) in [6.07, 6.45) is 0.949. The SMILES string of the molecule is CN(C)C(=O)CCCOc1ccc(N)cc1F. The van der Waals surface area contributed by atoms with Gasteiger partial charge in [-0.3, -0.25) is 4.79 Å². The van der Waals surface area contributed by atoms with Crippen LogP contribution >= 0.6 is 0 Å². The highest BCUT2D eigenvalue weighted by Crippen LogP contribution is 2.19. The van der Waals surface area contributed by atoms with Crippen LogP contribution in [0, 0.1) is 5.82 Å². The Balaban J connectivity index is 2.34. The largest absolute Gasteiger partial charge is 0.491 e. The van der Waals surface area contributed by atoms with Crippen molar-refractivity contribution in [2.75, 3.05) is 26.4 Å². The topological polar surface area (TPSA) is 55.6 Å². The fraction of sp³-hybridized carbons (Fsp3) is 0.417. The van der Waals surface area contributed by atoms with Gasteiger partial charge in [-0.15, -0.1) is 0 Å². The molecule has 0 radical (unpaired) electrons. The van der Waals surface area contributed by atoms with Gasteiger partial charge in [0.2, 0.25) is 5.91 Å². The predicted octanol–water partition coefficient (Wildman–Crippen LogP) is 1.66. The van der Waals surface area contributed by atoms with Crippen LogP contribution in [0.1, 0.15) is 12.8 Å². The monoisotopic (exact) mass is 240 g/mol. The molecule has 0 unspecified atom stereocenters. The van der Waals surface area contributed by atoms with Gasteiger partial charge in [0.05, 0.1) is 6.61 Å². The summed E-state index contributed by atoms with van der Waals surface area (Å²) in [6.45, 7) is 0.306. The van der Waals surface area contributed by atoms with Gasteiger partial charge < -0.3 is 15.4 Å². The van der Waals surface area contributed by atoms with Crippen LogP contribution in [-0.4, -0.2) is 31.5 Å². The molecule has 0 saturated carbocycles. The number of amides is 1.